The van der Waals surface area contributed by atoms with Gasteiger partial charge in [-0.2, -0.15) is 12.6 Å². The third-order valence-corrected chi connectivity index (χ3v) is 4.25. The number of hydrogen-bond donors (Lipinski definition) is 7. The summed E-state index contributed by atoms with van der Waals surface area (Å²) in [5.74, 6) is -2.73. The molecular weight excluding hydrogens is 386 g/mol. The first-order valence-electron chi connectivity index (χ1n) is 9.29. The van der Waals surface area contributed by atoms with Crippen molar-refractivity contribution in [1.82, 2.24) is 16.0 Å². The van der Waals surface area contributed by atoms with Crippen LogP contribution in [0.4, 0.5) is 0 Å². The van der Waals surface area contributed by atoms with E-state index in [2.05, 4.69) is 28.6 Å². The maximum absolute atomic E-state index is 12.4. The van der Waals surface area contributed by atoms with E-state index in [4.69, 9.17) is 16.6 Å². The van der Waals surface area contributed by atoms with Gasteiger partial charge >= 0.3 is 5.97 Å². The van der Waals surface area contributed by atoms with Gasteiger partial charge in [-0.25, -0.2) is 4.79 Å². The molecule has 0 radical (unpaired) electrons. The summed E-state index contributed by atoms with van der Waals surface area (Å²) in [5, 5.41) is 16.2. The molecule has 0 aromatic carbocycles. The molecule has 11 heteroatoms. The van der Waals surface area contributed by atoms with Gasteiger partial charge in [-0.15, -0.1) is 0 Å². The molecule has 0 aliphatic heterocycles. The lowest BCUT2D eigenvalue weighted by Gasteiger charge is -2.21. The Morgan fingerprint density at radius 3 is 2.18 bits per heavy atom. The topological polar surface area (TPSA) is 177 Å². The minimum absolute atomic E-state index is 0.0828. The monoisotopic (exact) mass is 419 g/mol. The van der Waals surface area contributed by atoms with Gasteiger partial charge < -0.3 is 32.5 Å². The summed E-state index contributed by atoms with van der Waals surface area (Å²) in [6, 6.07) is -2.74. The van der Waals surface area contributed by atoms with Crippen LogP contribution in [0.3, 0.4) is 0 Å². The van der Waals surface area contributed by atoms with E-state index < -0.39 is 48.4 Å². The number of nitrogens with two attached hydrogens (primary N) is 2. The molecule has 3 unspecified atom stereocenters. The molecule has 28 heavy (non-hydrogen) atoms. The smallest absolute Gasteiger partial charge is 0.327 e. The van der Waals surface area contributed by atoms with Crippen LogP contribution >= 0.6 is 12.6 Å². The Labute approximate surface area is 171 Å². The summed E-state index contributed by atoms with van der Waals surface area (Å²) in [6.07, 6.45) is 2.12. The lowest BCUT2D eigenvalue weighted by atomic mass is 10.0. The Balaban J connectivity index is 4.76. The molecule has 0 heterocycles. The number of carboxylic acid groups (broad SMARTS) is 1. The van der Waals surface area contributed by atoms with E-state index in [1.54, 1.807) is 0 Å². The summed E-state index contributed by atoms with van der Waals surface area (Å²) >= 11 is 3.85. The van der Waals surface area contributed by atoms with E-state index in [0.29, 0.717) is 32.2 Å². The molecule has 162 valence electrons. The van der Waals surface area contributed by atoms with Gasteiger partial charge in [0.25, 0.3) is 0 Å². The second-order valence-electron chi connectivity index (χ2n) is 6.94. The van der Waals surface area contributed by atoms with Crippen molar-refractivity contribution in [2.75, 3.05) is 18.8 Å². The van der Waals surface area contributed by atoms with Gasteiger partial charge in [0.2, 0.25) is 17.7 Å². The number of rotatable bonds is 14. The molecule has 0 spiro atoms. The first-order chi connectivity index (χ1) is 13.1. The van der Waals surface area contributed by atoms with Gasteiger partial charge in [-0.3, -0.25) is 14.4 Å². The average Bonchev–Trinajstić information content (AvgIpc) is 2.62. The van der Waals surface area contributed by atoms with Crippen LogP contribution in [0.15, 0.2) is 0 Å². The normalized spacial score (nSPS) is 14.1. The van der Waals surface area contributed by atoms with Gasteiger partial charge in [-0.1, -0.05) is 13.8 Å². The lowest BCUT2D eigenvalue weighted by Crippen LogP contribution is -2.53. The van der Waals surface area contributed by atoms with Gasteiger partial charge in [0, 0.05) is 5.75 Å². The minimum atomic E-state index is -1.22. The molecule has 0 bridgehead atoms. The fraction of sp³-hybridized carbons (Fsp3) is 0.765. The number of unbranched alkanes of at least 4 members (excludes halogenated alkanes) is 1. The molecule has 0 aromatic heterocycles. The third-order valence-electron chi connectivity index (χ3n) is 3.88. The van der Waals surface area contributed by atoms with Gasteiger partial charge in [0.15, 0.2) is 0 Å². The molecule has 0 aromatic rings. The number of hydrogen-bond acceptors (Lipinski definition) is 7. The van der Waals surface area contributed by atoms with Crippen LogP contribution in [0.25, 0.3) is 0 Å². The molecule has 10 nitrogen and oxygen atoms in total. The summed E-state index contributed by atoms with van der Waals surface area (Å²) in [6.45, 7) is 3.91. The zero-order chi connectivity index (χ0) is 21.7. The first kappa shape index (κ1) is 26.1. The maximum Gasteiger partial charge on any atom is 0.327 e. The van der Waals surface area contributed by atoms with Crippen LogP contribution in [-0.4, -0.2) is 65.8 Å². The lowest BCUT2D eigenvalue weighted by molar-refractivity contribution is -0.141. The fourth-order valence-corrected chi connectivity index (χ4v) is 2.62. The standard InChI is InChI=1S/C17H33N5O5S/c1-10(2)7-11(19)15(24)22-12(5-3-4-6-18)16(25)20-8-14(23)21-13(9-28)17(26)27/h10-13,28H,3-9,18-19H2,1-2H3,(H,20,25)(H,21,23)(H,22,24)(H,26,27). The van der Waals surface area contributed by atoms with Crippen LogP contribution in [0.1, 0.15) is 39.5 Å². The highest BCUT2D eigenvalue weighted by molar-refractivity contribution is 7.80. The second-order valence-corrected chi connectivity index (χ2v) is 7.31. The van der Waals surface area contributed by atoms with Crippen molar-refractivity contribution in [1.29, 1.82) is 0 Å². The van der Waals surface area contributed by atoms with Crippen LogP contribution in [0.5, 0.6) is 0 Å². The average molecular weight is 420 g/mol. The molecular formula is C17H33N5O5S. The predicted octanol–water partition coefficient (Wildman–Crippen LogP) is -1.41. The Morgan fingerprint density at radius 1 is 1.04 bits per heavy atom. The van der Waals surface area contributed by atoms with Gasteiger partial charge in [-0.05, 0) is 38.1 Å². The largest absolute Gasteiger partial charge is 0.480 e. The molecule has 0 saturated carbocycles. The molecule has 3 atom stereocenters. The summed E-state index contributed by atoms with van der Waals surface area (Å²) < 4.78 is 0. The number of carbonyl (C=O) groups excluding carboxylic acids is 3. The van der Waals surface area contributed by atoms with Crippen LogP contribution < -0.4 is 27.4 Å². The number of amides is 3. The van der Waals surface area contributed by atoms with E-state index >= 15 is 0 Å². The van der Waals surface area contributed by atoms with E-state index in [1.807, 2.05) is 13.8 Å². The van der Waals surface area contributed by atoms with Crippen LogP contribution in [0, 0.1) is 5.92 Å². The zero-order valence-electron chi connectivity index (χ0n) is 16.4. The molecule has 3 amide bonds. The third kappa shape index (κ3) is 11.1. The van der Waals surface area contributed by atoms with Crippen molar-refractivity contribution >= 4 is 36.3 Å². The van der Waals surface area contributed by atoms with E-state index in [1.165, 1.54) is 0 Å². The number of nitrogens with one attached hydrogen (secondary N) is 3. The highest BCUT2D eigenvalue weighted by Gasteiger charge is 2.25. The summed E-state index contributed by atoms with van der Waals surface area (Å²) in [7, 11) is 0. The van der Waals surface area contributed by atoms with E-state index in [-0.39, 0.29) is 11.7 Å². The molecule has 0 rings (SSSR count). The first-order valence-corrected chi connectivity index (χ1v) is 9.92. The quantitative estimate of drug-likeness (QED) is 0.134. The second kappa shape index (κ2) is 14.2. The van der Waals surface area contributed by atoms with Crippen LogP contribution in [0.2, 0.25) is 0 Å². The van der Waals surface area contributed by atoms with Gasteiger partial charge in [0.05, 0.1) is 12.6 Å². The van der Waals surface area contributed by atoms with Gasteiger partial charge in [0.1, 0.15) is 12.1 Å². The highest BCUT2D eigenvalue weighted by atomic mass is 32.1. The van der Waals surface area contributed by atoms with Crippen LogP contribution in [-0.2, 0) is 19.2 Å². The molecule has 0 aliphatic carbocycles. The van der Waals surface area contributed by atoms with E-state index in [0.717, 1.165) is 0 Å². The number of aliphatic carboxylic acids is 1. The molecule has 0 aliphatic rings. The minimum Gasteiger partial charge on any atom is -0.480 e. The Bertz CT molecular complexity index is 532. The van der Waals surface area contributed by atoms with Crippen molar-refractivity contribution in [2.24, 2.45) is 17.4 Å². The number of carboxylic acids is 1. The molecule has 8 N–H and O–H groups in total. The van der Waals surface area contributed by atoms with Crippen molar-refractivity contribution < 1.29 is 24.3 Å². The van der Waals surface area contributed by atoms with Crippen molar-refractivity contribution in [3.05, 3.63) is 0 Å². The Morgan fingerprint density at radius 2 is 1.68 bits per heavy atom. The molecule has 0 fully saturated rings. The summed E-state index contributed by atoms with van der Waals surface area (Å²) in [5.41, 5.74) is 11.3. The predicted molar refractivity (Wildman–Crippen MR) is 109 cm³/mol. The zero-order valence-corrected chi connectivity index (χ0v) is 17.3. The Kier molecular flexibility index (Phi) is 13.3. The Hall–Kier alpha value is -1.85. The summed E-state index contributed by atoms with van der Waals surface area (Å²) in [4.78, 5) is 47.3. The molecule has 0 saturated heterocycles. The number of thiol groups is 1. The highest BCUT2D eigenvalue weighted by Crippen LogP contribution is 2.05. The fourth-order valence-electron chi connectivity index (χ4n) is 2.38. The number of carbonyl (C=O) groups is 4. The van der Waals surface area contributed by atoms with E-state index in [9.17, 15) is 19.2 Å². The van der Waals surface area contributed by atoms with Crippen molar-refractivity contribution in [3.8, 4) is 0 Å². The van der Waals surface area contributed by atoms with Crippen molar-refractivity contribution in [2.45, 2.75) is 57.7 Å². The maximum atomic E-state index is 12.4. The van der Waals surface area contributed by atoms with Crippen molar-refractivity contribution in [3.63, 3.8) is 0 Å². The SMILES string of the molecule is CC(C)CC(N)C(=O)NC(CCCCN)C(=O)NCC(=O)NC(CS)C(=O)O.